The topological polar surface area (TPSA) is 111 Å². The van der Waals surface area contributed by atoms with Crippen LogP contribution in [-0.4, -0.2) is 70.0 Å². The smallest absolute Gasteiger partial charge is 0.306 e. The lowest BCUT2D eigenvalue weighted by Crippen LogP contribution is -2.37. The molecule has 10 heteroatoms. The molecular formula is C80H140NO8P. The SMILES string of the molecule is CC/C=C\C/C=C\C/C=C\C/C=C\C/C=C\C/C=C\C/C=C\C/C=C\C/C=C\C/C=C\CCCCCCCCC(=O)OC(COC(=O)CCCCCCCCCCCCCCCCCCCCCCCCCCCCCCC)COP(=O)([O-])OCC[N+](C)(C)C. The van der Waals surface area contributed by atoms with Crippen LogP contribution in [0.5, 0.6) is 0 Å². The monoisotopic (exact) mass is 1270 g/mol. The summed E-state index contributed by atoms with van der Waals surface area (Å²) in [5.41, 5.74) is 0. The van der Waals surface area contributed by atoms with Crippen LogP contribution < -0.4 is 4.89 Å². The molecule has 90 heavy (non-hydrogen) atoms. The molecule has 0 aromatic heterocycles. The summed E-state index contributed by atoms with van der Waals surface area (Å²) in [5, 5.41) is 0. The molecule has 0 saturated carbocycles. The Bertz CT molecular complexity index is 1940. The Labute approximate surface area is 556 Å². The van der Waals surface area contributed by atoms with E-state index in [4.69, 9.17) is 18.5 Å². The summed E-state index contributed by atoms with van der Waals surface area (Å²) in [6.07, 6.45) is 100. The lowest BCUT2D eigenvalue weighted by atomic mass is 10.0. The molecule has 0 aromatic rings. The van der Waals surface area contributed by atoms with Crippen molar-refractivity contribution in [3.8, 4) is 0 Å². The van der Waals surface area contributed by atoms with Crippen molar-refractivity contribution in [2.75, 3.05) is 47.5 Å². The van der Waals surface area contributed by atoms with Crippen LogP contribution in [0.3, 0.4) is 0 Å². The number of ether oxygens (including phenoxy) is 2. The third-order valence-electron chi connectivity index (χ3n) is 16.0. The van der Waals surface area contributed by atoms with E-state index in [0.717, 1.165) is 122 Å². The van der Waals surface area contributed by atoms with Gasteiger partial charge in [0.2, 0.25) is 0 Å². The molecule has 0 N–H and O–H groups in total. The van der Waals surface area contributed by atoms with Crippen molar-refractivity contribution in [3.05, 3.63) is 122 Å². The van der Waals surface area contributed by atoms with E-state index >= 15 is 0 Å². The second-order valence-corrected chi connectivity index (χ2v) is 27.3. The predicted molar refractivity (Wildman–Crippen MR) is 388 cm³/mol. The molecule has 0 aromatic carbocycles. The van der Waals surface area contributed by atoms with Crippen LogP contribution in [-0.2, 0) is 32.7 Å². The minimum absolute atomic E-state index is 0.0382. The molecule has 518 valence electrons. The van der Waals surface area contributed by atoms with Crippen LogP contribution in [0.1, 0.15) is 322 Å². The first-order chi connectivity index (χ1) is 44.0. The molecule has 0 rings (SSSR count). The number of hydrogen-bond donors (Lipinski definition) is 0. The first-order valence-corrected chi connectivity index (χ1v) is 38.7. The second-order valence-electron chi connectivity index (χ2n) is 25.9. The fourth-order valence-corrected chi connectivity index (χ4v) is 11.1. The van der Waals surface area contributed by atoms with Crippen molar-refractivity contribution in [1.82, 2.24) is 0 Å². The Kier molecular flexibility index (Phi) is 67.0. The van der Waals surface area contributed by atoms with Crippen molar-refractivity contribution in [2.24, 2.45) is 0 Å². The summed E-state index contributed by atoms with van der Waals surface area (Å²) < 4.78 is 34.3. The van der Waals surface area contributed by atoms with Crippen molar-refractivity contribution in [3.63, 3.8) is 0 Å². The van der Waals surface area contributed by atoms with Gasteiger partial charge in [0.1, 0.15) is 19.8 Å². The van der Waals surface area contributed by atoms with Crippen LogP contribution in [0.15, 0.2) is 122 Å². The van der Waals surface area contributed by atoms with Crippen molar-refractivity contribution < 1.29 is 42.1 Å². The van der Waals surface area contributed by atoms with E-state index in [-0.39, 0.29) is 32.0 Å². The quantitative estimate of drug-likeness (QED) is 0.0195. The number of allylic oxidation sites excluding steroid dienone is 20. The number of esters is 2. The molecule has 0 aliphatic carbocycles. The highest BCUT2D eigenvalue weighted by atomic mass is 31.2. The number of carbonyl (C=O) groups is 2. The number of nitrogens with zero attached hydrogens (tertiary/aromatic N) is 1. The summed E-state index contributed by atoms with van der Waals surface area (Å²) in [7, 11) is 1.15. The van der Waals surface area contributed by atoms with Crippen LogP contribution in [0, 0.1) is 0 Å². The van der Waals surface area contributed by atoms with Gasteiger partial charge in [0, 0.05) is 12.8 Å². The molecule has 0 bridgehead atoms. The summed E-state index contributed by atoms with van der Waals surface area (Å²) in [6.45, 7) is 4.14. The van der Waals surface area contributed by atoms with Crippen LogP contribution in [0.25, 0.3) is 0 Å². The fourth-order valence-electron chi connectivity index (χ4n) is 10.3. The van der Waals surface area contributed by atoms with Crippen molar-refractivity contribution >= 4 is 19.8 Å². The second kappa shape index (κ2) is 69.7. The zero-order valence-electron chi connectivity index (χ0n) is 59.1. The number of unbranched alkanes of at least 4 members (excludes halogenated alkanes) is 34. The minimum Gasteiger partial charge on any atom is -0.756 e. The minimum atomic E-state index is -4.65. The van der Waals surface area contributed by atoms with E-state index in [1.807, 2.05) is 21.1 Å². The molecule has 9 nitrogen and oxygen atoms in total. The maximum atomic E-state index is 12.9. The Balaban J connectivity index is 4.09. The Morgan fingerprint density at radius 3 is 0.944 bits per heavy atom. The zero-order chi connectivity index (χ0) is 65.5. The van der Waals surface area contributed by atoms with Gasteiger partial charge in [0.05, 0.1) is 27.7 Å². The largest absolute Gasteiger partial charge is 0.756 e. The van der Waals surface area contributed by atoms with Gasteiger partial charge < -0.3 is 27.9 Å². The highest BCUT2D eigenvalue weighted by Gasteiger charge is 2.22. The van der Waals surface area contributed by atoms with Gasteiger partial charge >= 0.3 is 11.9 Å². The average Bonchev–Trinajstić information content (AvgIpc) is 3.58. The highest BCUT2D eigenvalue weighted by Crippen LogP contribution is 2.38. The van der Waals surface area contributed by atoms with E-state index < -0.39 is 26.5 Å². The summed E-state index contributed by atoms with van der Waals surface area (Å²) in [6, 6.07) is 0. The van der Waals surface area contributed by atoms with Gasteiger partial charge in [-0.25, -0.2) is 0 Å². The van der Waals surface area contributed by atoms with Gasteiger partial charge in [-0.15, -0.1) is 0 Å². The van der Waals surface area contributed by atoms with Gasteiger partial charge in [-0.1, -0.05) is 341 Å². The third kappa shape index (κ3) is 73.5. The number of likely N-dealkylation sites (N-methyl/N-ethyl adjacent to an activating group) is 1. The molecule has 0 aliphatic heterocycles. The van der Waals surface area contributed by atoms with Crippen LogP contribution in [0.4, 0.5) is 0 Å². The molecule has 0 aliphatic rings. The van der Waals surface area contributed by atoms with Crippen LogP contribution >= 0.6 is 7.82 Å². The maximum Gasteiger partial charge on any atom is 0.306 e. The van der Waals surface area contributed by atoms with E-state index in [0.29, 0.717) is 17.4 Å². The molecule has 0 radical (unpaired) electrons. The molecule has 0 heterocycles. The molecule has 0 amide bonds. The standard InChI is InChI=1S/C80H140NO8P/c1-6-8-10-12-14-16-18-20-22-24-26-28-30-32-34-36-37-38-39-40-41-42-43-45-47-49-51-53-55-57-59-61-63-65-67-69-71-73-80(83)89-78(77-88-90(84,85)87-75-74-81(3,4)5)76-86-79(82)72-70-68-66-64-62-60-58-56-54-52-50-48-46-44-35-33-31-29-27-25-23-21-19-17-15-13-11-9-7-2/h8,10,14,16,20,22,26,28,32,34,37-38,40-41,43,45,49,51,55,57,78H,6-7,9,11-13,15,17-19,21,23-25,27,29-31,33,35-36,39,42,44,46-48,50,52-54,56,58-77H2,1-5H3/b10-8-,16-14-,22-20-,28-26-,34-32-,38-37-,41-40-,45-43-,51-49-,57-55-. The van der Waals surface area contributed by atoms with Crippen molar-refractivity contribution in [1.29, 1.82) is 0 Å². The highest BCUT2D eigenvalue weighted by molar-refractivity contribution is 7.45. The maximum absolute atomic E-state index is 12.9. The zero-order valence-corrected chi connectivity index (χ0v) is 59.9. The number of quaternary nitrogens is 1. The normalized spacial score (nSPS) is 13.8. The Hall–Kier alpha value is -3.59. The van der Waals surface area contributed by atoms with Gasteiger partial charge in [-0.3, -0.25) is 14.2 Å². The van der Waals surface area contributed by atoms with E-state index in [9.17, 15) is 19.0 Å². The van der Waals surface area contributed by atoms with Gasteiger partial charge in [-0.05, 0) is 89.9 Å². The summed E-state index contributed by atoms with van der Waals surface area (Å²) in [5.74, 6) is -0.844. The lowest BCUT2D eigenvalue weighted by Gasteiger charge is -2.28. The first-order valence-electron chi connectivity index (χ1n) is 37.2. The summed E-state index contributed by atoms with van der Waals surface area (Å²) in [4.78, 5) is 38.1. The van der Waals surface area contributed by atoms with E-state index in [2.05, 4.69) is 135 Å². The molecular weight excluding hydrogens is 1130 g/mol. The van der Waals surface area contributed by atoms with Gasteiger partial charge in [0.15, 0.2) is 6.10 Å². The Morgan fingerprint density at radius 2 is 0.633 bits per heavy atom. The van der Waals surface area contributed by atoms with Crippen LogP contribution in [0.2, 0.25) is 0 Å². The number of phosphoric ester groups is 1. The first kappa shape index (κ1) is 86.4. The average molecular weight is 1270 g/mol. The number of phosphoric acid groups is 1. The van der Waals surface area contributed by atoms with Gasteiger partial charge in [0.25, 0.3) is 7.82 Å². The third-order valence-corrected chi connectivity index (χ3v) is 17.0. The number of rotatable bonds is 68. The molecule has 0 spiro atoms. The lowest BCUT2D eigenvalue weighted by molar-refractivity contribution is -0.870. The molecule has 2 atom stereocenters. The van der Waals surface area contributed by atoms with E-state index in [1.54, 1.807) is 0 Å². The molecule has 0 saturated heterocycles. The van der Waals surface area contributed by atoms with E-state index in [1.165, 1.54) is 167 Å². The molecule has 2 unspecified atom stereocenters. The van der Waals surface area contributed by atoms with Gasteiger partial charge in [-0.2, -0.15) is 0 Å². The fraction of sp³-hybridized carbons (Fsp3) is 0.725. The Morgan fingerprint density at radius 1 is 0.356 bits per heavy atom. The predicted octanol–water partition coefficient (Wildman–Crippen LogP) is 24.0. The number of hydrogen-bond acceptors (Lipinski definition) is 8. The summed E-state index contributed by atoms with van der Waals surface area (Å²) >= 11 is 0. The van der Waals surface area contributed by atoms with Crippen molar-refractivity contribution in [2.45, 2.75) is 328 Å². The molecule has 0 fully saturated rings. The number of carbonyl (C=O) groups excluding carboxylic acids is 2.